The first-order valence-corrected chi connectivity index (χ1v) is 7.01. The third kappa shape index (κ3) is 2.42. The van der Waals surface area contributed by atoms with Crippen LogP contribution in [0, 0.1) is 5.92 Å². The molecule has 0 aromatic carbocycles. The Balaban J connectivity index is 1.92. The minimum Gasteiger partial charge on any atom is -0.393 e. The fraction of sp³-hybridized carbons (Fsp3) is 0.400. The predicted molar refractivity (Wildman–Crippen MR) is 77.2 cm³/mol. The van der Waals surface area contributed by atoms with Gasteiger partial charge in [-0.2, -0.15) is 0 Å². The fourth-order valence-corrected chi connectivity index (χ4v) is 2.71. The summed E-state index contributed by atoms with van der Waals surface area (Å²) >= 11 is 0. The van der Waals surface area contributed by atoms with E-state index in [2.05, 4.69) is 4.98 Å². The number of aliphatic hydroxyl groups excluding tert-OH is 1. The summed E-state index contributed by atoms with van der Waals surface area (Å²) in [7, 11) is 0. The van der Waals surface area contributed by atoms with Crippen molar-refractivity contribution in [3.8, 4) is 0 Å². The molecule has 0 spiro atoms. The number of hydrogen-bond acceptors (Lipinski definition) is 4. The second kappa shape index (κ2) is 5.29. The van der Waals surface area contributed by atoms with E-state index < -0.39 is 6.10 Å². The molecule has 3 heterocycles. The van der Waals surface area contributed by atoms with E-state index in [9.17, 15) is 14.7 Å². The van der Waals surface area contributed by atoms with E-state index in [1.54, 1.807) is 36.2 Å². The molecule has 6 heteroatoms. The van der Waals surface area contributed by atoms with E-state index in [1.807, 2.05) is 0 Å². The molecule has 0 bridgehead atoms. The van der Waals surface area contributed by atoms with E-state index in [-0.39, 0.29) is 22.9 Å². The molecule has 0 saturated carbocycles. The summed E-state index contributed by atoms with van der Waals surface area (Å²) in [6.07, 6.45) is 3.25. The van der Waals surface area contributed by atoms with Crippen LogP contribution in [-0.4, -0.2) is 44.5 Å². The highest BCUT2D eigenvalue weighted by Gasteiger charge is 2.30. The quantitative estimate of drug-likeness (QED) is 0.874. The molecule has 1 N–H and O–H groups in total. The van der Waals surface area contributed by atoms with Gasteiger partial charge in [0, 0.05) is 31.4 Å². The Kier molecular flexibility index (Phi) is 3.47. The lowest BCUT2D eigenvalue weighted by atomic mass is 10.0. The van der Waals surface area contributed by atoms with Crippen LogP contribution in [0.5, 0.6) is 0 Å². The largest absolute Gasteiger partial charge is 0.393 e. The summed E-state index contributed by atoms with van der Waals surface area (Å²) in [5.41, 5.74) is 0.235. The van der Waals surface area contributed by atoms with Crippen LogP contribution in [0.3, 0.4) is 0 Å². The molecule has 1 fully saturated rings. The molecular weight excluding hydrogens is 270 g/mol. The molecule has 2 aromatic rings. The van der Waals surface area contributed by atoms with E-state index in [4.69, 9.17) is 0 Å². The minimum atomic E-state index is -0.446. The maximum atomic E-state index is 12.5. The van der Waals surface area contributed by atoms with Crippen molar-refractivity contribution in [2.24, 2.45) is 5.92 Å². The average Bonchev–Trinajstić information content (AvgIpc) is 2.97. The summed E-state index contributed by atoms with van der Waals surface area (Å²) in [6, 6.07) is 5.23. The highest BCUT2D eigenvalue weighted by atomic mass is 16.3. The summed E-state index contributed by atoms with van der Waals surface area (Å²) in [5, 5.41) is 9.60. The molecule has 1 aliphatic rings. The molecular formula is C15H17N3O3. The maximum absolute atomic E-state index is 12.5. The molecule has 0 aliphatic carbocycles. The smallest absolute Gasteiger partial charge is 0.270 e. The molecule has 1 aliphatic heterocycles. The number of rotatable bonds is 2. The summed E-state index contributed by atoms with van der Waals surface area (Å²) in [5.74, 6) is -0.237. The van der Waals surface area contributed by atoms with Gasteiger partial charge in [0.15, 0.2) is 0 Å². The predicted octanol–water partition coefficient (Wildman–Crippen LogP) is 0.537. The zero-order valence-corrected chi connectivity index (χ0v) is 11.8. The molecule has 110 valence electrons. The number of fused-ring (bicyclic) bond motifs is 1. The lowest BCUT2D eigenvalue weighted by Crippen LogP contribution is -2.35. The normalized spacial score (nSPS) is 19.9. The van der Waals surface area contributed by atoms with Gasteiger partial charge in [-0.3, -0.25) is 14.0 Å². The molecule has 1 amide bonds. The Morgan fingerprint density at radius 2 is 2.29 bits per heavy atom. The van der Waals surface area contributed by atoms with Crippen LogP contribution in [0.1, 0.15) is 23.7 Å². The number of nitrogens with zero attached hydrogens (tertiary/aromatic N) is 3. The molecule has 2 atom stereocenters. The van der Waals surface area contributed by atoms with Crippen molar-refractivity contribution in [3.63, 3.8) is 0 Å². The van der Waals surface area contributed by atoms with Gasteiger partial charge in [0.25, 0.3) is 11.5 Å². The maximum Gasteiger partial charge on any atom is 0.270 e. The van der Waals surface area contributed by atoms with E-state index in [0.29, 0.717) is 18.7 Å². The third-order valence-corrected chi connectivity index (χ3v) is 4.04. The SMILES string of the molecule is CC(O)C1CCN(C(=O)c2cnc3ccccn3c2=O)C1. The average molecular weight is 287 g/mol. The Hall–Kier alpha value is -2.21. The fourth-order valence-electron chi connectivity index (χ4n) is 2.71. The number of carbonyl (C=O) groups excluding carboxylic acids is 1. The van der Waals surface area contributed by atoms with Gasteiger partial charge >= 0.3 is 0 Å². The highest BCUT2D eigenvalue weighted by molar-refractivity contribution is 5.94. The number of carbonyl (C=O) groups is 1. The summed E-state index contributed by atoms with van der Waals surface area (Å²) < 4.78 is 1.37. The Morgan fingerprint density at radius 1 is 1.48 bits per heavy atom. The molecule has 21 heavy (non-hydrogen) atoms. The van der Waals surface area contributed by atoms with Crippen LogP contribution < -0.4 is 5.56 Å². The van der Waals surface area contributed by atoms with Gasteiger partial charge in [0.2, 0.25) is 0 Å². The van der Waals surface area contributed by atoms with Crippen LogP contribution in [0.25, 0.3) is 5.65 Å². The molecule has 0 radical (unpaired) electrons. The highest BCUT2D eigenvalue weighted by Crippen LogP contribution is 2.20. The number of likely N-dealkylation sites (tertiary alicyclic amines) is 1. The number of hydrogen-bond donors (Lipinski definition) is 1. The van der Waals surface area contributed by atoms with Crippen molar-refractivity contribution in [3.05, 3.63) is 46.5 Å². The Morgan fingerprint density at radius 3 is 3.00 bits per heavy atom. The van der Waals surface area contributed by atoms with Gasteiger partial charge in [-0.15, -0.1) is 0 Å². The Labute approximate surface area is 121 Å². The number of pyridine rings is 1. The van der Waals surface area contributed by atoms with Crippen molar-refractivity contribution in [2.45, 2.75) is 19.4 Å². The van der Waals surface area contributed by atoms with Crippen LogP contribution >= 0.6 is 0 Å². The zero-order chi connectivity index (χ0) is 15.0. The molecule has 2 unspecified atom stereocenters. The van der Waals surface area contributed by atoms with E-state index in [1.165, 1.54) is 10.6 Å². The number of aliphatic hydroxyl groups is 1. The number of amides is 1. The van der Waals surface area contributed by atoms with Crippen molar-refractivity contribution < 1.29 is 9.90 Å². The van der Waals surface area contributed by atoms with Gasteiger partial charge in [-0.1, -0.05) is 6.07 Å². The first-order valence-electron chi connectivity index (χ1n) is 7.01. The van der Waals surface area contributed by atoms with Crippen molar-refractivity contribution in [1.82, 2.24) is 14.3 Å². The standard InChI is InChI=1S/C15H17N3O3/c1-10(19)11-5-7-17(9-11)14(20)12-8-16-13-4-2-3-6-18(13)15(12)21/h2-4,6,8,10-11,19H,5,7,9H2,1H3. The lowest BCUT2D eigenvalue weighted by Gasteiger charge is -2.17. The molecule has 3 rings (SSSR count). The van der Waals surface area contributed by atoms with Gasteiger partial charge in [0.05, 0.1) is 6.10 Å². The van der Waals surface area contributed by atoms with E-state index in [0.717, 1.165) is 6.42 Å². The van der Waals surface area contributed by atoms with Gasteiger partial charge in [-0.25, -0.2) is 4.98 Å². The number of aromatic nitrogens is 2. The monoisotopic (exact) mass is 287 g/mol. The van der Waals surface area contributed by atoms with Crippen LogP contribution in [0.4, 0.5) is 0 Å². The molecule has 2 aromatic heterocycles. The second-order valence-corrected chi connectivity index (χ2v) is 5.45. The third-order valence-electron chi connectivity index (χ3n) is 4.04. The van der Waals surface area contributed by atoms with Crippen LogP contribution in [-0.2, 0) is 0 Å². The van der Waals surface area contributed by atoms with Gasteiger partial charge in [-0.05, 0) is 25.5 Å². The first kappa shape index (κ1) is 13.8. The van der Waals surface area contributed by atoms with Crippen molar-refractivity contribution in [2.75, 3.05) is 13.1 Å². The van der Waals surface area contributed by atoms with Crippen molar-refractivity contribution in [1.29, 1.82) is 0 Å². The summed E-state index contributed by atoms with van der Waals surface area (Å²) in [4.78, 5) is 30.6. The van der Waals surface area contributed by atoms with Crippen molar-refractivity contribution >= 4 is 11.6 Å². The molecule has 1 saturated heterocycles. The topological polar surface area (TPSA) is 74.9 Å². The van der Waals surface area contributed by atoms with Gasteiger partial charge < -0.3 is 10.0 Å². The summed E-state index contributed by atoms with van der Waals surface area (Å²) in [6.45, 7) is 2.77. The molecule has 6 nitrogen and oxygen atoms in total. The first-order chi connectivity index (χ1) is 10.1. The van der Waals surface area contributed by atoms with Gasteiger partial charge in [0.1, 0.15) is 11.2 Å². The Bertz CT molecular complexity index is 738. The zero-order valence-electron chi connectivity index (χ0n) is 11.8. The second-order valence-electron chi connectivity index (χ2n) is 5.45. The van der Waals surface area contributed by atoms with Crippen LogP contribution in [0.15, 0.2) is 35.4 Å². The van der Waals surface area contributed by atoms with Crippen LogP contribution in [0.2, 0.25) is 0 Å². The minimum absolute atomic E-state index is 0.0740. The van der Waals surface area contributed by atoms with E-state index >= 15 is 0 Å². The lowest BCUT2D eigenvalue weighted by molar-refractivity contribution is 0.0760.